The molecule has 0 unspecified atom stereocenters. The molecule has 116 valence electrons. The van der Waals surface area contributed by atoms with E-state index in [1.165, 1.54) is 0 Å². The molecule has 0 heterocycles. The Bertz CT molecular complexity index is 502. The summed E-state index contributed by atoms with van der Waals surface area (Å²) in [7, 11) is 0. The molecule has 1 fully saturated rings. The van der Waals surface area contributed by atoms with Crippen molar-refractivity contribution in [1.82, 2.24) is 4.90 Å². The van der Waals surface area contributed by atoms with Gasteiger partial charge in [-0.05, 0) is 43.9 Å². The third-order valence-corrected chi connectivity index (χ3v) is 4.66. The Kier molecular flexibility index (Phi) is 5.72. The van der Waals surface area contributed by atoms with Crippen molar-refractivity contribution in [2.45, 2.75) is 51.2 Å². The Hall–Kier alpha value is -0.980. The van der Waals surface area contributed by atoms with Crippen molar-refractivity contribution in [2.75, 3.05) is 6.54 Å². The fraction of sp³-hybridized carbons (Fsp3) is 0.600. The number of halogens is 1. The van der Waals surface area contributed by atoms with Crippen LogP contribution in [0.4, 0.5) is 5.69 Å². The minimum Gasteiger partial charge on any atom is -0.328 e. The van der Waals surface area contributed by atoms with Crippen molar-refractivity contribution in [3.05, 3.63) is 38.3 Å². The van der Waals surface area contributed by atoms with Crippen LogP contribution in [0, 0.1) is 10.1 Å². The Labute approximate surface area is 133 Å². The molecule has 1 aromatic carbocycles. The molecule has 6 heteroatoms. The van der Waals surface area contributed by atoms with Gasteiger partial charge in [0.25, 0.3) is 5.69 Å². The number of rotatable bonds is 5. The molecule has 1 aliphatic rings. The van der Waals surface area contributed by atoms with E-state index in [2.05, 4.69) is 27.8 Å². The average Bonchev–Trinajstić information content (AvgIpc) is 2.45. The lowest BCUT2D eigenvalue weighted by Gasteiger charge is -2.35. The normalized spacial score (nSPS) is 22.5. The van der Waals surface area contributed by atoms with E-state index in [1.54, 1.807) is 12.1 Å². The molecule has 1 aromatic rings. The lowest BCUT2D eigenvalue weighted by molar-refractivity contribution is -0.385. The maximum Gasteiger partial charge on any atom is 0.270 e. The zero-order chi connectivity index (χ0) is 15.4. The van der Waals surface area contributed by atoms with Gasteiger partial charge in [0.05, 0.1) is 4.92 Å². The number of hydrogen-bond acceptors (Lipinski definition) is 4. The first-order chi connectivity index (χ1) is 9.99. The van der Waals surface area contributed by atoms with Crippen LogP contribution in [0.2, 0.25) is 0 Å². The lowest BCUT2D eigenvalue weighted by Crippen LogP contribution is -2.40. The number of nitro groups is 1. The second-order valence-electron chi connectivity index (χ2n) is 5.71. The van der Waals surface area contributed by atoms with E-state index in [1.807, 2.05) is 6.07 Å². The second kappa shape index (κ2) is 7.33. The van der Waals surface area contributed by atoms with Gasteiger partial charge in [-0.1, -0.05) is 22.9 Å². The topological polar surface area (TPSA) is 72.4 Å². The van der Waals surface area contributed by atoms with Gasteiger partial charge in [0.1, 0.15) is 0 Å². The zero-order valence-corrected chi connectivity index (χ0v) is 13.9. The molecule has 0 bridgehead atoms. The van der Waals surface area contributed by atoms with Crippen LogP contribution in [0.25, 0.3) is 0 Å². The molecule has 0 amide bonds. The van der Waals surface area contributed by atoms with Crippen molar-refractivity contribution in [3.8, 4) is 0 Å². The van der Waals surface area contributed by atoms with Gasteiger partial charge < -0.3 is 5.73 Å². The van der Waals surface area contributed by atoms with E-state index in [9.17, 15) is 10.1 Å². The molecule has 0 saturated heterocycles. The third kappa shape index (κ3) is 4.49. The Morgan fingerprint density at radius 2 is 2.00 bits per heavy atom. The highest BCUT2D eigenvalue weighted by Gasteiger charge is 2.23. The van der Waals surface area contributed by atoms with Crippen LogP contribution in [-0.4, -0.2) is 28.5 Å². The third-order valence-electron chi connectivity index (χ3n) is 4.20. The second-order valence-corrected chi connectivity index (χ2v) is 6.62. The zero-order valence-electron chi connectivity index (χ0n) is 12.3. The number of nitro benzene ring substituents is 1. The lowest BCUT2D eigenvalue weighted by atomic mass is 9.90. The van der Waals surface area contributed by atoms with Crippen molar-refractivity contribution < 1.29 is 4.92 Å². The summed E-state index contributed by atoms with van der Waals surface area (Å²) in [6.45, 7) is 3.83. The maximum absolute atomic E-state index is 11.0. The monoisotopic (exact) mass is 355 g/mol. The van der Waals surface area contributed by atoms with Gasteiger partial charge in [0.2, 0.25) is 0 Å². The molecule has 5 nitrogen and oxygen atoms in total. The van der Waals surface area contributed by atoms with Gasteiger partial charge in [-0.15, -0.1) is 0 Å². The van der Waals surface area contributed by atoms with Crippen LogP contribution in [0.15, 0.2) is 22.7 Å². The fourth-order valence-electron chi connectivity index (χ4n) is 3.03. The summed E-state index contributed by atoms with van der Waals surface area (Å²) in [5.74, 6) is 0. The smallest absolute Gasteiger partial charge is 0.270 e. The standard InChI is InChI=1S/C15H22BrN3O2/c1-2-18(14-5-3-13(17)4-6-14)10-11-7-12(16)9-15(8-11)19(20)21/h7-9,13-14H,2-6,10,17H2,1H3. The molecular weight excluding hydrogens is 334 g/mol. The molecule has 1 saturated carbocycles. The minimum atomic E-state index is -0.343. The van der Waals surface area contributed by atoms with E-state index in [-0.39, 0.29) is 10.6 Å². The van der Waals surface area contributed by atoms with Gasteiger partial charge in [0.15, 0.2) is 0 Å². The largest absolute Gasteiger partial charge is 0.328 e. The van der Waals surface area contributed by atoms with E-state index >= 15 is 0 Å². The van der Waals surface area contributed by atoms with Crippen LogP contribution in [0.1, 0.15) is 38.2 Å². The van der Waals surface area contributed by atoms with Crippen molar-refractivity contribution in [2.24, 2.45) is 5.73 Å². The first kappa shape index (κ1) is 16.4. The maximum atomic E-state index is 11.0. The van der Waals surface area contributed by atoms with Crippen LogP contribution >= 0.6 is 15.9 Å². The highest BCUT2D eigenvalue weighted by Crippen LogP contribution is 2.26. The van der Waals surface area contributed by atoms with Gasteiger partial charge in [-0.3, -0.25) is 15.0 Å². The van der Waals surface area contributed by atoms with E-state index < -0.39 is 0 Å². The molecule has 2 N–H and O–H groups in total. The summed E-state index contributed by atoms with van der Waals surface area (Å²) >= 11 is 3.36. The molecule has 0 radical (unpaired) electrons. The van der Waals surface area contributed by atoms with Crippen molar-refractivity contribution in [1.29, 1.82) is 0 Å². The SMILES string of the molecule is CCN(Cc1cc(Br)cc([N+](=O)[O-])c1)C1CCC(N)CC1. The van der Waals surface area contributed by atoms with Crippen LogP contribution in [0.3, 0.4) is 0 Å². The Morgan fingerprint density at radius 1 is 1.33 bits per heavy atom. The van der Waals surface area contributed by atoms with E-state index in [4.69, 9.17) is 5.73 Å². The molecular formula is C15H22BrN3O2. The van der Waals surface area contributed by atoms with Gasteiger partial charge >= 0.3 is 0 Å². The van der Waals surface area contributed by atoms with Gasteiger partial charge in [0, 0.05) is 35.2 Å². The average molecular weight is 356 g/mol. The number of benzene rings is 1. The summed E-state index contributed by atoms with van der Waals surface area (Å²) in [6.07, 6.45) is 4.37. The first-order valence-corrected chi connectivity index (χ1v) is 8.22. The molecule has 21 heavy (non-hydrogen) atoms. The Morgan fingerprint density at radius 3 is 2.57 bits per heavy atom. The van der Waals surface area contributed by atoms with Crippen molar-refractivity contribution in [3.63, 3.8) is 0 Å². The van der Waals surface area contributed by atoms with Gasteiger partial charge in [-0.2, -0.15) is 0 Å². The van der Waals surface area contributed by atoms with Crippen LogP contribution in [0.5, 0.6) is 0 Å². The quantitative estimate of drug-likeness (QED) is 0.648. The number of nitrogens with two attached hydrogens (primary N) is 1. The number of non-ortho nitro benzene ring substituents is 1. The first-order valence-electron chi connectivity index (χ1n) is 7.43. The number of nitrogens with zero attached hydrogens (tertiary/aromatic N) is 2. The highest BCUT2D eigenvalue weighted by atomic mass is 79.9. The molecule has 0 atom stereocenters. The van der Waals surface area contributed by atoms with Crippen LogP contribution < -0.4 is 5.73 Å². The minimum absolute atomic E-state index is 0.140. The van der Waals surface area contributed by atoms with E-state index in [0.29, 0.717) is 12.1 Å². The summed E-state index contributed by atoms with van der Waals surface area (Å²) in [5, 5.41) is 11.0. The molecule has 0 aromatic heterocycles. The van der Waals surface area contributed by atoms with Crippen LogP contribution in [-0.2, 0) is 6.54 Å². The summed E-state index contributed by atoms with van der Waals surface area (Å²) in [4.78, 5) is 13.0. The van der Waals surface area contributed by atoms with Crippen molar-refractivity contribution >= 4 is 21.6 Å². The predicted molar refractivity (Wildman–Crippen MR) is 87.1 cm³/mol. The molecule has 0 spiro atoms. The summed E-state index contributed by atoms with van der Waals surface area (Å²) in [5.41, 5.74) is 7.08. The molecule has 0 aliphatic heterocycles. The molecule has 2 rings (SSSR count). The van der Waals surface area contributed by atoms with Gasteiger partial charge in [-0.25, -0.2) is 0 Å². The highest BCUT2D eigenvalue weighted by molar-refractivity contribution is 9.10. The summed E-state index contributed by atoms with van der Waals surface area (Å²) < 4.78 is 0.758. The molecule has 1 aliphatic carbocycles. The van der Waals surface area contributed by atoms with E-state index in [0.717, 1.165) is 48.8 Å². The fourth-order valence-corrected chi connectivity index (χ4v) is 3.56. The Balaban J connectivity index is 2.09. The number of hydrogen-bond donors (Lipinski definition) is 1. The summed E-state index contributed by atoms with van der Waals surface area (Å²) in [6, 6.07) is 6.05. The predicted octanol–water partition coefficient (Wildman–Crippen LogP) is 3.45.